The highest BCUT2D eigenvalue weighted by molar-refractivity contribution is 5.97. The molecule has 1 saturated heterocycles. The number of ether oxygens (including phenoxy) is 1. The number of para-hydroxylation sites is 1. The number of carbonyl (C=O) groups excluding carboxylic acids is 3. The van der Waals surface area contributed by atoms with Crippen LogP contribution in [0, 0.1) is 11.2 Å². The van der Waals surface area contributed by atoms with Crippen LogP contribution in [0.4, 0.5) is 4.39 Å². The van der Waals surface area contributed by atoms with Gasteiger partial charge in [-0.15, -0.1) is 0 Å². The monoisotopic (exact) mass is 534 g/mol. The number of rotatable bonds is 2. The number of aromatic nitrogens is 1. The van der Waals surface area contributed by atoms with Crippen molar-refractivity contribution in [2.24, 2.45) is 5.41 Å². The van der Waals surface area contributed by atoms with Gasteiger partial charge in [-0.3, -0.25) is 14.4 Å². The summed E-state index contributed by atoms with van der Waals surface area (Å²) in [6.07, 6.45) is 4.93. The van der Waals surface area contributed by atoms with Gasteiger partial charge in [0.2, 0.25) is 0 Å². The van der Waals surface area contributed by atoms with Gasteiger partial charge in [0.25, 0.3) is 17.7 Å². The number of piperidine rings is 1. The molecule has 2 aliphatic rings. The van der Waals surface area contributed by atoms with Crippen molar-refractivity contribution in [3.8, 4) is 5.75 Å². The SMILES string of the molecule is O=C1NCC2(CCN(C(=O)c3cocn3)CCCOc3ccccc31)CCN(C(=O)c1ccccc1F)CC2. The van der Waals surface area contributed by atoms with Crippen molar-refractivity contribution in [3.63, 3.8) is 0 Å². The number of nitrogens with one attached hydrogen (secondary N) is 1. The second-order valence-corrected chi connectivity index (χ2v) is 10.1. The molecule has 3 heterocycles. The van der Waals surface area contributed by atoms with E-state index in [2.05, 4.69) is 10.3 Å². The van der Waals surface area contributed by atoms with E-state index in [4.69, 9.17) is 9.15 Å². The number of fused-ring (bicyclic) bond motifs is 1. The average Bonchev–Trinajstić information content (AvgIpc) is 3.51. The van der Waals surface area contributed by atoms with Crippen molar-refractivity contribution in [2.75, 3.05) is 39.3 Å². The van der Waals surface area contributed by atoms with Gasteiger partial charge in [-0.1, -0.05) is 24.3 Å². The third-order valence-electron chi connectivity index (χ3n) is 7.65. The zero-order valence-corrected chi connectivity index (χ0v) is 21.6. The van der Waals surface area contributed by atoms with Crippen LogP contribution in [0.25, 0.3) is 0 Å². The minimum atomic E-state index is -0.542. The van der Waals surface area contributed by atoms with Gasteiger partial charge in [0, 0.05) is 32.7 Å². The van der Waals surface area contributed by atoms with Crippen molar-refractivity contribution in [1.29, 1.82) is 0 Å². The van der Waals surface area contributed by atoms with Gasteiger partial charge in [0.05, 0.1) is 17.7 Å². The van der Waals surface area contributed by atoms with E-state index in [-0.39, 0.29) is 34.4 Å². The molecule has 0 unspecified atom stereocenters. The Labute approximate surface area is 225 Å². The summed E-state index contributed by atoms with van der Waals surface area (Å²) in [6, 6.07) is 13.1. The first-order chi connectivity index (χ1) is 19.0. The van der Waals surface area contributed by atoms with Gasteiger partial charge in [0.1, 0.15) is 17.8 Å². The van der Waals surface area contributed by atoms with Gasteiger partial charge in [-0.2, -0.15) is 0 Å². The van der Waals surface area contributed by atoms with E-state index in [1.807, 2.05) is 6.07 Å². The van der Waals surface area contributed by atoms with Crippen LogP contribution < -0.4 is 10.1 Å². The first-order valence-corrected chi connectivity index (χ1v) is 13.2. The van der Waals surface area contributed by atoms with Crippen LogP contribution in [-0.2, 0) is 0 Å². The largest absolute Gasteiger partial charge is 0.493 e. The number of carbonyl (C=O) groups is 3. The quantitative estimate of drug-likeness (QED) is 0.537. The third kappa shape index (κ3) is 5.94. The molecule has 204 valence electrons. The molecule has 0 radical (unpaired) electrons. The zero-order valence-electron chi connectivity index (χ0n) is 21.6. The van der Waals surface area contributed by atoms with E-state index in [0.29, 0.717) is 76.3 Å². The molecule has 3 amide bonds. The van der Waals surface area contributed by atoms with Gasteiger partial charge in [-0.05, 0) is 55.4 Å². The molecule has 0 saturated carbocycles. The molecule has 5 rings (SSSR count). The van der Waals surface area contributed by atoms with Crippen molar-refractivity contribution >= 4 is 17.7 Å². The lowest BCUT2D eigenvalue weighted by Crippen LogP contribution is -2.49. The van der Waals surface area contributed by atoms with Crippen molar-refractivity contribution < 1.29 is 27.9 Å². The topological polar surface area (TPSA) is 105 Å². The number of hydrogen-bond acceptors (Lipinski definition) is 6. The van der Waals surface area contributed by atoms with Crippen LogP contribution in [0.2, 0.25) is 0 Å². The summed E-state index contributed by atoms with van der Waals surface area (Å²) in [5, 5.41) is 3.08. The highest BCUT2D eigenvalue weighted by Crippen LogP contribution is 2.36. The van der Waals surface area contributed by atoms with Crippen LogP contribution in [0.5, 0.6) is 5.75 Å². The third-order valence-corrected chi connectivity index (χ3v) is 7.65. The van der Waals surface area contributed by atoms with E-state index in [9.17, 15) is 18.8 Å². The van der Waals surface area contributed by atoms with E-state index >= 15 is 0 Å². The summed E-state index contributed by atoms with van der Waals surface area (Å²) in [7, 11) is 0. The Morgan fingerprint density at radius 3 is 2.33 bits per heavy atom. The van der Waals surface area contributed by atoms with Crippen molar-refractivity contribution in [1.82, 2.24) is 20.1 Å². The lowest BCUT2D eigenvalue weighted by molar-refractivity contribution is 0.0489. The second kappa shape index (κ2) is 11.7. The van der Waals surface area contributed by atoms with E-state index in [0.717, 1.165) is 0 Å². The minimum absolute atomic E-state index is 0.0534. The maximum absolute atomic E-state index is 14.3. The maximum Gasteiger partial charge on any atom is 0.275 e. The number of benzene rings is 2. The number of amides is 3. The number of likely N-dealkylation sites (tertiary alicyclic amines) is 1. The maximum atomic E-state index is 14.3. The van der Waals surface area contributed by atoms with Crippen LogP contribution in [-0.4, -0.2) is 71.8 Å². The molecule has 0 atom stereocenters. The molecule has 1 fully saturated rings. The molecule has 1 N–H and O–H groups in total. The fourth-order valence-corrected chi connectivity index (χ4v) is 5.25. The molecular weight excluding hydrogens is 503 g/mol. The molecule has 2 aliphatic heterocycles. The molecule has 2 aromatic carbocycles. The van der Waals surface area contributed by atoms with Crippen LogP contribution >= 0.6 is 0 Å². The Balaban J connectivity index is 1.37. The fraction of sp³-hybridized carbons (Fsp3) is 0.379. The normalized spacial score (nSPS) is 18.1. The standard InChI is InChI=1S/C29H31FN4O5/c30-23-8-3-1-6-21(23)27(36)34-15-11-29(12-16-34)10-14-33(28(37)24-18-38-20-32-24)13-5-17-39-25-9-4-2-7-22(25)26(35)31-19-29/h1-4,6-9,18,20H,5,10-17,19H2,(H,31,35). The summed E-state index contributed by atoms with van der Waals surface area (Å²) < 4.78 is 25.2. The number of oxazole rings is 1. The molecule has 10 heteroatoms. The Bertz CT molecular complexity index is 1320. The Hall–Kier alpha value is -4.21. The summed E-state index contributed by atoms with van der Waals surface area (Å²) in [5.41, 5.74) is 0.374. The van der Waals surface area contributed by atoms with Crippen molar-refractivity contribution in [2.45, 2.75) is 25.7 Å². The average molecular weight is 535 g/mol. The predicted octanol–water partition coefficient (Wildman–Crippen LogP) is 3.78. The second-order valence-electron chi connectivity index (χ2n) is 10.1. The molecule has 1 aromatic heterocycles. The van der Waals surface area contributed by atoms with E-state index < -0.39 is 5.82 Å². The van der Waals surface area contributed by atoms with Crippen LogP contribution in [0.3, 0.4) is 0 Å². The lowest BCUT2D eigenvalue weighted by Gasteiger charge is -2.43. The van der Waals surface area contributed by atoms with Gasteiger partial charge < -0.3 is 24.3 Å². The fourth-order valence-electron chi connectivity index (χ4n) is 5.25. The molecular formula is C29H31FN4O5. The zero-order chi connectivity index (χ0) is 27.2. The van der Waals surface area contributed by atoms with Crippen molar-refractivity contribution in [3.05, 3.63) is 83.8 Å². The smallest absolute Gasteiger partial charge is 0.275 e. The summed E-state index contributed by atoms with van der Waals surface area (Å²) in [6.45, 7) is 2.43. The number of halogens is 1. The molecule has 9 nitrogen and oxygen atoms in total. The van der Waals surface area contributed by atoms with Crippen LogP contribution in [0.1, 0.15) is 56.9 Å². The number of hydrogen-bond donors (Lipinski definition) is 1. The first kappa shape index (κ1) is 26.4. The Kier molecular flexibility index (Phi) is 7.90. The molecule has 0 aliphatic carbocycles. The summed E-state index contributed by atoms with van der Waals surface area (Å²) >= 11 is 0. The van der Waals surface area contributed by atoms with Gasteiger partial charge in [-0.25, -0.2) is 9.37 Å². The Morgan fingerprint density at radius 1 is 0.923 bits per heavy atom. The van der Waals surface area contributed by atoms with Gasteiger partial charge in [0.15, 0.2) is 12.1 Å². The lowest BCUT2D eigenvalue weighted by atomic mass is 9.75. The number of nitrogens with zero attached hydrogens (tertiary/aromatic N) is 3. The minimum Gasteiger partial charge on any atom is -0.493 e. The highest BCUT2D eigenvalue weighted by atomic mass is 19.1. The first-order valence-electron chi connectivity index (χ1n) is 13.2. The summed E-state index contributed by atoms with van der Waals surface area (Å²) in [4.78, 5) is 46.8. The molecule has 3 aromatic rings. The van der Waals surface area contributed by atoms with E-state index in [1.165, 1.54) is 24.8 Å². The predicted molar refractivity (Wildman–Crippen MR) is 140 cm³/mol. The Morgan fingerprint density at radius 2 is 1.62 bits per heavy atom. The highest BCUT2D eigenvalue weighted by Gasteiger charge is 2.38. The molecule has 0 bridgehead atoms. The molecule has 1 spiro atoms. The van der Waals surface area contributed by atoms with Gasteiger partial charge >= 0.3 is 0 Å². The van der Waals surface area contributed by atoms with E-state index in [1.54, 1.807) is 40.1 Å². The molecule has 39 heavy (non-hydrogen) atoms. The summed E-state index contributed by atoms with van der Waals surface area (Å²) in [5.74, 6) is -0.858. The van der Waals surface area contributed by atoms with Crippen LogP contribution in [0.15, 0.2) is 65.6 Å².